The fourth-order valence-electron chi connectivity index (χ4n) is 4.84. The van der Waals surface area contributed by atoms with Gasteiger partial charge in [0.2, 0.25) is 0 Å². The van der Waals surface area contributed by atoms with Gasteiger partial charge in [0.1, 0.15) is 5.82 Å². The molecule has 1 amide bonds. The minimum Gasteiger partial charge on any atom is -0.452 e. The summed E-state index contributed by atoms with van der Waals surface area (Å²) in [5.74, 6) is -1.41. The van der Waals surface area contributed by atoms with Crippen LogP contribution in [0.1, 0.15) is 58.5 Å². The average Bonchev–Trinajstić information content (AvgIpc) is 2.93. The minimum absolute atomic E-state index is 0.227. The Balaban J connectivity index is 1.45. The van der Waals surface area contributed by atoms with Crippen LogP contribution in [0.5, 0.6) is 0 Å². The third-order valence-corrected chi connectivity index (χ3v) is 7.03. The third-order valence-electron chi connectivity index (χ3n) is 6.70. The number of nitrogens with zero attached hydrogens (tertiary/aromatic N) is 1. The molecule has 1 heterocycles. The predicted octanol–water partition coefficient (Wildman–Crippen LogP) is 6.94. The van der Waals surface area contributed by atoms with Gasteiger partial charge in [-0.25, -0.2) is 14.2 Å². The zero-order valence-corrected chi connectivity index (χ0v) is 21.6. The number of halogens is 2. The number of ether oxygens (including phenoxy) is 1. The molecule has 1 atom stereocenters. The largest absolute Gasteiger partial charge is 0.452 e. The van der Waals surface area contributed by atoms with E-state index in [1.54, 1.807) is 18.2 Å². The molecule has 1 unspecified atom stereocenters. The molecule has 0 fully saturated rings. The number of pyridine rings is 1. The highest BCUT2D eigenvalue weighted by Gasteiger charge is 2.27. The molecule has 0 bridgehead atoms. The molecule has 1 N–H and O–H groups in total. The van der Waals surface area contributed by atoms with E-state index in [4.69, 9.17) is 21.3 Å². The monoisotopic (exact) mass is 528 g/mol. The van der Waals surface area contributed by atoms with Crippen molar-refractivity contribution in [3.05, 3.63) is 112 Å². The van der Waals surface area contributed by atoms with Gasteiger partial charge in [-0.15, -0.1) is 0 Å². The van der Waals surface area contributed by atoms with Crippen molar-refractivity contribution < 1.29 is 18.7 Å². The number of rotatable bonds is 6. The lowest BCUT2D eigenvalue weighted by atomic mass is 9.86. The molecule has 1 aromatic heterocycles. The maximum Gasteiger partial charge on any atom is 0.339 e. The molecule has 1 aliphatic carbocycles. The third kappa shape index (κ3) is 5.31. The number of para-hydroxylation sites is 1. The first-order valence-corrected chi connectivity index (χ1v) is 12.9. The van der Waals surface area contributed by atoms with Crippen LogP contribution >= 0.6 is 11.6 Å². The second kappa shape index (κ2) is 11.2. The fraction of sp³-hybridized carbons (Fsp3) is 0.194. The molecule has 1 aliphatic rings. The fourth-order valence-corrected chi connectivity index (χ4v) is 5.06. The molecular formula is C31H26ClFN2O3. The summed E-state index contributed by atoms with van der Waals surface area (Å²) in [5.41, 5.74) is 4.41. The number of amides is 1. The second-order valence-corrected chi connectivity index (χ2v) is 9.67. The Morgan fingerprint density at radius 1 is 1.05 bits per heavy atom. The highest BCUT2D eigenvalue weighted by atomic mass is 35.5. The van der Waals surface area contributed by atoms with Crippen LogP contribution in [0.2, 0.25) is 5.02 Å². The average molecular weight is 529 g/mol. The number of hydrogen-bond donors (Lipinski definition) is 1. The quantitative estimate of drug-likeness (QED) is 0.275. The Kier molecular flexibility index (Phi) is 7.52. The molecule has 0 spiro atoms. The number of carbonyl (C=O) groups excluding carboxylic acids is 2. The first-order chi connectivity index (χ1) is 18.4. The van der Waals surface area contributed by atoms with E-state index in [0.29, 0.717) is 45.6 Å². The molecule has 5 nitrogen and oxygen atoms in total. The van der Waals surface area contributed by atoms with Crippen molar-refractivity contribution in [3.8, 4) is 0 Å². The van der Waals surface area contributed by atoms with E-state index < -0.39 is 24.3 Å². The highest BCUT2D eigenvalue weighted by Crippen LogP contribution is 2.37. The normalized spacial score (nSPS) is 14.7. The van der Waals surface area contributed by atoms with Crippen molar-refractivity contribution >= 4 is 46.0 Å². The summed E-state index contributed by atoms with van der Waals surface area (Å²) in [6.45, 7) is 1.46. The predicted molar refractivity (Wildman–Crippen MR) is 147 cm³/mol. The van der Waals surface area contributed by atoms with E-state index in [-0.39, 0.29) is 6.04 Å². The molecule has 4 aromatic rings. The number of aromatic nitrogens is 1. The molecule has 3 aromatic carbocycles. The van der Waals surface area contributed by atoms with Gasteiger partial charge in [0, 0.05) is 10.9 Å². The lowest BCUT2D eigenvalue weighted by molar-refractivity contribution is -0.124. The summed E-state index contributed by atoms with van der Waals surface area (Å²) in [6, 6.07) is 21.2. The van der Waals surface area contributed by atoms with E-state index in [0.717, 1.165) is 23.1 Å². The van der Waals surface area contributed by atoms with Crippen LogP contribution in [0.3, 0.4) is 0 Å². The number of fused-ring (bicyclic) bond motifs is 2. The molecular weight excluding hydrogens is 503 g/mol. The molecule has 38 heavy (non-hydrogen) atoms. The smallest absolute Gasteiger partial charge is 0.339 e. The first kappa shape index (κ1) is 25.6. The minimum atomic E-state index is -0.590. The highest BCUT2D eigenvalue weighted by molar-refractivity contribution is 6.32. The summed E-state index contributed by atoms with van der Waals surface area (Å²) in [6.07, 6.45) is 3.74. The summed E-state index contributed by atoms with van der Waals surface area (Å²) >= 11 is 6.28. The molecule has 192 valence electrons. The molecule has 0 radical (unpaired) electrons. The van der Waals surface area contributed by atoms with Gasteiger partial charge in [0.25, 0.3) is 5.91 Å². The topological polar surface area (TPSA) is 68.3 Å². The Bertz CT molecular complexity index is 1530. The SMILES string of the molecule is CC(NC(=O)COC(=O)c1c2c(nc3ccccc13)/C(=C/c1c(F)cccc1Cl)CCC2)c1ccccc1. The zero-order valence-electron chi connectivity index (χ0n) is 20.8. The Morgan fingerprint density at radius 3 is 2.61 bits per heavy atom. The molecule has 0 aliphatic heterocycles. The van der Waals surface area contributed by atoms with Crippen LogP contribution in [0.25, 0.3) is 22.6 Å². The molecule has 0 saturated heterocycles. The van der Waals surface area contributed by atoms with E-state index in [1.165, 1.54) is 6.07 Å². The van der Waals surface area contributed by atoms with Gasteiger partial charge < -0.3 is 10.1 Å². The number of benzene rings is 3. The standard InChI is InChI=1S/C31H26ClFN2O3/c1-19(20-9-3-2-4-10-20)34-28(36)18-38-31(37)29-22-12-5-6-16-27(22)35-30-21(11-7-13-23(29)30)17-24-25(32)14-8-15-26(24)33/h2-6,8-10,12,14-17,19H,7,11,13,18H2,1H3,(H,34,36)/b21-17+. The van der Waals surface area contributed by atoms with Crippen LogP contribution in [0, 0.1) is 5.82 Å². The second-order valence-electron chi connectivity index (χ2n) is 9.27. The number of esters is 1. The van der Waals surface area contributed by atoms with Gasteiger partial charge in [0.15, 0.2) is 6.61 Å². The van der Waals surface area contributed by atoms with Crippen LogP contribution in [0.4, 0.5) is 4.39 Å². The Morgan fingerprint density at radius 2 is 1.82 bits per heavy atom. The lowest BCUT2D eigenvalue weighted by Crippen LogP contribution is -2.31. The summed E-state index contributed by atoms with van der Waals surface area (Å²) in [5, 5.41) is 3.82. The zero-order chi connectivity index (χ0) is 26.6. The van der Waals surface area contributed by atoms with Gasteiger partial charge >= 0.3 is 5.97 Å². The Hall–Kier alpha value is -4.03. The van der Waals surface area contributed by atoms with Gasteiger partial charge in [-0.1, -0.05) is 66.2 Å². The van der Waals surface area contributed by atoms with Gasteiger partial charge in [0.05, 0.1) is 27.8 Å². The number of allylic oxidation sites excluding steroid dienone is 1. The van der Waals surface area contributed by atoms with Crippen molar-refractivity contribution in [2.24, 2.45) is 0 Å². The van der Waals surface area contributed by atoms with Crippen LogP contribution < -0.4 is 5.32 Å². The summed E-state index contributed by atoms with van der Waals surface area (Å²) in [4.78, 5) is 30.9. The van der Waals surface area contributed by atoms with E-state index >= 15 is 0 Å². The van der Waals surface area contributed by atoms with Gasteiger partial charge in [-0.2, -0.15) is 0 Å². The number of hydrogen-bond acceptors (Lipinski definition) is 4. The maximum atomic E-state index is 14.6. The van der Waals surface area contributed by atoms with Crippen molar-refractivity contribution in [3.63, 3.8) is 0 Å². The van der Waals surface area contributed by atoms with Crippen molar-refractivity contribution in [2.45, 2.75) is 32.2 Å². The van der Waals surface area contributed by atoms with Crippen LogP contribution in [0.15, 0.2) is 72.8 Å². The van der Waals surface area contributed by atoms with Gasteiger partial charge in [-0.3, -0.25) is 4.79 Å². The van der Waals surface area contributed by atoms with Crippen molar-refractivity contribution in [1.82, 2.24) is 10.3 Å². The van der Waals surface area contributed by atoms with E-state index in [2.05, 4.69) is 5.32 Å². The maximum absolute atomic E-state index is 14.6. The number of nitrogens with one attached hydrogen (secondary N) is 1. The lowest BCUT2D eigenvalue weighted by Gasteiger charge is -2.22. The molecule has 5 rings (SSSR count). The van der Waals surface area contributed by atoms with Crippen LogP contribution in [-0.4, -0.2) is 23.5 Å². The van der Waals surface area contributed by atoms with Crippen molar-refractivity contribution in [2.75, 3.05) is 6.61 Å². The van der Waals surface area contributed by atoms with E-state index in [9.17, 15) is 14.0 Å². The molecule has 0 saturated carbocycles. The van der Waals surface area contributed by atoms with E-state index in [1.807, 2.05) is 61.5 Å². The number of carbonyl (C=O) groups is 2. The summed E-state index contributed by atoms with van der Waals surface area (Å²) in [7, 11) is 0. The molecule has 7 heteroatoms. The first-order valence-electron chi connectivity index (χ1n) is 12.5. The summed E-state index contributed by atoms with van der Waals surface area (Å²) < 4.78 is 20.1. The van der Waals surface area contributed by atoms with Crippen LogP contribution in [-0.2, 0) is 16.0 Å². The Labute approximate surface area is 225 Å². The van der Waals surface area contributed by atoms with Crippen molar-refractivity contribution in [1.29, 1.82) is 0 Å². The van der Waals surface area contributed by atoms with Gasteiger partial charge in [-0.05, 0) is 67.2 Å².